The molecule has 160 valence electrons. The second kappa shape index (κ2) is 7.91. The smallest absolute Gasteiger partial charge is 0.165 e. The van der Waals surface area contributed by atoms with Crippen molar-refractivity contribution in [2.75, 3.05) is 37.9 Å². The molecule has 1 atom stereocenters. The second-order valence-electron chi connectivity index (χ2n) is 7.63. The van der Waals surface area contributed by atoms with Crippen LogP contribution in [0.2, 0.25) is 10.0 Å². The van der Waals surface area contributed by atoms with Crippen molar-refractivity contribution in [3.63, 3.8) is 0 Å². The van der Waals surface area contributed by atoms with Gasteiger partial charge in [-0.1, -0.05) is 23.2 Å². The molecule has 1 aromatic carbocycles. The predicted octanol–water partition coefficient (Wildman–Crippen LogP) is 4.34. The lowest BCUT2D eigenvalue weighted by Crippen LogP contribution is -2.25. The molecule has 3 heterocycles. The molecule has 0 bridgehead atoms. The van der Waals surface area contributed by atoms with Gasteiger partial charge in [0.15, 0.2) is 5.82 Å². The summed E-state index contributed by atoms with van der Waals surface area (Å²) in [6, 6.07) is 5.73. The highest BCUT2D eigenvalue weighted by molar-refractivity contribution is 6.41. The van der Waals surface area contributed by atoms with Gasteiger partial charge in [-0.3, -0.25) is 0 Å². The van der Waals surface area contributed by atoms with Gasteiger partial charge in [-0.05, 0) is 19.4 Å². The zero-order chi connectivity index (χ0) is 22.3. The number of pyridine rings is 1. The molecule has 2 aromatic heterocycles. The average Bonchev–Trinajstić information content (AvgIpc) is 3.16. The zero-order valence-corrected chi connectivity index (χ0v) is 18.8. The van der Waals surface area contributed by atoms with Crippen LogP contribution in [-0.2, 0) is 0 Å². The summed E-state index contributed by atoms with van der Waals surface area (Å²) in [5.41, 5.74) is 6.43. The molecule has 1 aliphatic rings. The first kappa shape index (κ1) is 21.2. The maximum Gasteiger partial charge on any atom is 0.165 e. The average molecular weight is 459 g/mol. The summed E-state index contributed by atoms with van der Waals surface area (Å²) in [5.74, 6) is 2.06. The lowest BCUT2D eigenvalue weighted by atomic mass is 9.92. The molecular formula is C21H20Cl2N6O2. The van der Waals surface area contributed by atoms with Crippen LogP contribution >= 0.6 is 23.2 Å². The first-order valence-electron chi connectivity index (χ1n) is 9.50. The van der Waals surface area contributed by atoms with Crippen molar-refractivity contribution in [1.82, 2.24) is 15.0 Å². The standard InChI is InChI=1S/C21H20Cl2N6O2/c1-21(9-24)4-5-29(10-21)20-11-6-15(25)26-8-12(11)27-19(28-20)16-17(22)13(30-2)7-14(31-3)18(16)23/h6-8H,4-5,10H2,1-3H3,(H2,25,26). The third kappa shape index (κ3) is 3.64. The van der Waals surface area contributed by atoms with Crippen LogP contribution < -0.4 is 20.1 Å². The fourth-order valence-corrected chi connectivity index (χ4v) is 4.37. The molecule has 0 aliphatic carbocycles. The summed E-state index contributed by atoms with van der Waals surface area (Å²) >= 11 is 13.2. The molecule has 0 radical (unpaired) electrons. The van der Waals surface area contributed by atoms with Gasteiger partial charge < -0.3 is 20.1 Å². The Morgan fingerprint density at radius 2 is 1.84 bits per heavy atom. The Bertz CT molecular complexity index is 1200. The van der Waals surface area contributed by atoms with Crippen LogP contribution in [-0.4, -0.2) is 42.3 Å². The number of benzene rings is 1. The molecule has 3 aromatic rings. The van der Waals surface area contributed by atoms with E-state index in [0.29, 0.717) is 53.1 Å². The highest BCUT2D eigenvalue weighted by atomic mass is 35.5. The van der Waals surface area contributed by atoms with Gasteiger partial charge in [-0.25, -0.2) is 15.0 Å². The van der Waals surface area contributed by atoms with Crippen molar-refractivity contribution in [3.05, 3.63) is 28.4 Å². The van der Waals surface area contributed by atoms with Crippen LogP contribution in [0.3, 0.4) is 0 Å². The van der Waals surface area contributed by atoms with Crippen LogP contribution in [0.15, 0.2) is 18.3 Å². The molecule has 1 saturated heterocycles. The van der Waals surface area contributed by atoms with E-state index in [1.807, 2.05) is 6.92 Å². The van der Waals surface area contributed by atoms with Gasteiger partial charge in [0.2, 0.25) is 0 Å². The van der Waals surface area contributed by atoms with Crippen LogP contribution in [0.1, 0.15) is 13.3 Å². The van der Waals surface area contributed by atoms with Crippen molar-refractivity contribution < 1.29 is 9.47 Å². The number of fused-ring (bicyclic) bond motifs is 1. The SMILES string of the molecule is COc1cc(OC)c(Cl)c(-c2nc(N3CCC(C)(C#N)C3)c3cc(N)ncc3n2)c1Cl. The first-order chi connectivity index (χ1) is 14.8. The molecule has 1 fully saturated rings. The maximum atomic E-state index is 9.57. The molecule has 1 aliphatic heterocycles. The minimum Gasteiger partial charge on any atom is -0.495 e. The van der Waals surface area contributed by atoms with Gasteiger partial charge in [0.05, 0.1) is 53.0 Å². The summed E-state index contributed by atoms with van der Waals surface area (Å²) in [4.78, 5) is 15.7. The zero-order valence-electron chi connectivity index (χ0n) is 17.2. The van der Waals surface area contributed by atoms with Crippen LogP contribution in [0, 0.1) is 16.7 Å². The second-order valence-corrected chi connectivity index (χ2v) is 8.38. The number of methoxy groups -OCH3 is 2. The Hall–Kier alpha value is -3.02. The Balaban J connectivity index is 1.98. The fourth-order valence-electron chi connectivity index (χ4n) is 3.70. The largest absolute Gasteiger partial charge is 0.495 e. The third-order valence-electron chi connectivity index (χ3n) is 5.42. The van der Waals surface area contributed by atoms with Crippen molar-refractivity contribution in [3.8, 4) is 29.0 Å². The molecule has 10 heteroatoms. The van der Waals surface area contributed by atoms with Gasteiger partial charge in [-0.2, -0.15) is 5.26 Å². The monoisotopic (exact) mass is 458 g/mol. The lowest BCUT2D eigenvalue weighted by Gasteiger charge is -2.22. The van der Waals surface area contributed by atoms with E-state index >= 15 is 0 Å². The minimum absolute atomic E-state index is 0.269. The number of nitriles is 1. The Morgan fingerprint density at radius 1 is 1.16 bits per heavy atom. The lowest BCUT2D eigenvalue weighted by molar-refractivity contribution is 0.395. The molecule has 2 N–H and O–H groups in total. The van der Waals surface area contributed by atoms with Gasteiger partial charge in [0.1, 0.15) is 23.1 Å². The Morgan fingerprint density at radius 3 is 2.42 bits per heavy atom. The number of hydrogen-bond acceptors (Lipinski definition) is 8. The van der Waals surface area contributed by atoms with E-state index in [1.165, 1.54) is 14.2 Å². The summed E-state index contributed by atoms with van der Waals surface area (Å²) in [5, 5.41) is 10.8. The number of hydrogen-bond donors (Lipinski definition) is 1. The first-order valence-corrected chi connectivity index (χ1v) is 10.3. The van der Waals surface area contributed by atoms with E-state index in [9.17, 15) is 5.26 Å². The molecular weight excluding hydrogens is 439 g/mol. The van der Waals surface area contributed by atoms with Gasteiger partial charge in [0.25, 0.3) is 0 Å². The summed E-state index contributed by atoms with van der Waals surface area (Å²) in [7, 11) is 3.01. The number of nitrogens with two attached hydrogens (primary N) is 1. The Kier molecular flexibility index (Phi) is 5.42. The molecule has 0 spiro atoms. The van der Waals surface area contributed by atoms with E-state index < -0.39 is 5.41 Å². The quantitative estimate of drug-likeness (QED) is 0.614. The summed E-state index contributed by atoms with van der Waals surface area (Å²) in [6.45, 7) is 3.13. The molecule has 0 amide bonds. The summed E-state index contributed by atoms with van der Waals surface area (Å²) < 4.78 is 10.8. The van der Waals surface area contributed by atoms with Crippen molar-refractivity contribution in [1.29, 1.82) is 5.26 Å². The normalized spacial score (nSPS) is 18.3. The number of nitrogens with zero attached hydrogens (tertiary/aromatic N) is 5. The molecule has 31 heavy (non-hydrogen) atoms. The van der Waals surface area contributed by atoms with E-state index in [1.54, 1.807) is 18.3 Å². The van der Waals surface area contributed by atoms with Crippen molar-refractivity contribution in [2.45, 2.75) is 13.3 Å². The number of ether oxygens (including phenoxy) is 2. The molecule has 0 saturated carbocycles. The molecule has 8 nitrogen and oxygen atoms in total. The highest BCUT2D eigenvalue weighted by Gasteiger charge is 2.35. The predicted molar refractivity (Wildman–Crippen MR) is 121 cm³/mol. The van der Waals surface area contributed by atoms with Crippen molar-refractivity contribution >= 4 is 45.7 Å². The summed E-state index contributed by atoms with van der Waals surface area (Å²) in [6.07, 6.45) is 2.30. The van der Waals surface area contributed by atoms with Crippen LogP contribution in [0.25, 0.3) is 22.3 Å². The van der Waals surface area contributed by atoms with Crippen molar-refractivity contribution in [2.24, 2.45) is 5.41 Å². The van der Waals surface area contributed by atoms with Crippen LogP contribution in [0.4, 0.5) is 11.6 Å². The van der Waals surface area contributed by atoms with Gasteiger partial charge in [-0.15, -0.1) is 0 Å². The van der Waals surface area contributed by atoms with E-state index in [0.717, 1.165) is 11.8 Å². The van der Waals surface area contributed by atoms with Gasteiger partial charge >= 0.3 is 0 Å². The minimum atomic E-state index is -0.468. The molecule has 1 unspecified atom stereocenters. The highest BCUT2D eigenvalue weighted by Crippen LogP contribution is 2.46. The maximum absolute atomic E-state index is 9.57. The Labute approximate surface area is 189 Å². The number of nitrogen functional groups attached to an aromatic ring is 1. The fraction of sp³-hybridized carbons (Fsp3) is 0.333. The topological polar surface area (TPSA) is 110 Å². The number of aromatic nitrogens is 3. The third-order valence-corrected chi connectivity index (χ3v) is 6.17. The van der Waals surface area contributed by atoms with E-state index in [2.05, 4.69) is 20.9 Å². The number of halogens is 2. The molecule has 4 rings (SSSR count). The number of rotatable bonds is 4. The number of anilines is 2. The van der Waals surface area contributed by atoms with Gasteiger partial charge in [0, 0.05) is 24.5 Å². The van der Waals surface area contributed by atoms with E-state index in [-0.39, 0.29) is 10.0 Å². The van der Waals surface area contributed by atoms with Crippen LogP contribution in [0.5, 0.6) is 11.5 Å². The van der Waals surface area contributed by atoms with E-state index in [4.69, 9.17) is 43.4 Å².